The minimum absolute atomic E-state index is 0.105. The molecule has 0 heterocycles. The molecule has 3 nitrogen and oxygen atoms in total. The van der Waals surface area contributed by atoms with Gasteiger partial charge < -0.3 is 11.1 Å². The van der Waals surface area contributed by atoms with Gasteiger partial charge in [-0.1, -0.05) is 60.9 Å². The van der Waals surface area contributed by atoms with E-state index in [1.54, 1.807) is 0 Å². The molecule has 0 bridgehead atoms. The smallest absolute Gasteiger partial charge is 0.237 e. The van der Waals surface area contributed by atoms with E-state index in [-0.39, 0.29) is 10.9 Å². The highest BCUT2D eigenvalue weighted by atomic mass is 79.9. The third-order valence-electron chi connectivity index (χ3n) is 3.34. The SMILES string of the molecule is CCCC(CCC)(C(=O)Nc1cccc(Br)c1)C(N)=S. The summed E-state index contributed by atoms with van der Waals surface area (Å²) in [6.07, 6.45) is 3.08. The molecule has 0 aliphatic carbocycles. The molecule has 0 atom stereocenters. The summed E-state index contributed by atoms with van der Waals surface area (Å²) in [6.45, 7) is 4.07. The molecular weight excluding hydrogens is 336 g/mol. The quantitative estimate of drug-likeness (QED) is 0.717. The van der Waals surface area contributed by atoms with E-state index in [1.807, 2.05) is 38.1 Å². The minimum atomic E-state index is -0.749. The van der Waals surface area contributed by atoms with Crippen LogP contribution in [-0.2, 0) is 4.79 Å². The predicted molar refractivity (Wildman–Crippen MR) is 91.8 cm³/mol. The number of amides is 1. The van der Waals surface area contributed by atoms with Gasteiger partial charge in [0.2, 0.25) is 5.91 Å². The monoisotopic (exact) mass is 356 g/mol. The fraction of sp³-hybridized carbons (Fsp3) is 0.467. The molecule has 0 radical (unpaired) electrons. The third kappa shape index (κ3) is 4.03. The molecule has 3 N–H and O–H groups in total. The van der Waals surface area contributed by atoms with Crippen LogP contribution in [0.2, 0.25) is 0 Å². The van der Waals surface area contributed by atoms with Gasteiger partial charge in [0.15, 0.2) is 0 Å². The second-order valence-corrected chi connectivity index (χ2v) is 6.27. The lowest BCUT2D eigenvalue weighted by atomic mass is 9.78. The Morgan fingerprint density at radius 2 is 1.95 bits per heavy atom. The Kier molecular flexibility index (Phi) is 6.62. The van der Waals surface area contributed by atoms with Crippen LogP contribution in [-0.4, -0.2) is 10.9 Å². The van der Waals surface area contributed by atoms with Gasteiger partial charge in [-0.05, 0) is 31.0 Å². The van der Waals surface area contributed by atoms with Crippen LogP contribution in [0.15, 0.2) is 28.7 Å². The summed E-state index contributed by atoms with van der Waals surface area (Å²) >= 11 is 8.58. The average Bonchev–Trinajstić information content (AvgIpc) is 2.37. The molecule has 0 spiro atoms. The first-order valence-electron chi connectivity index (χ1n) is 6.83. The van der Waals surface area contributed by atoms with Crippen LogP contribution in [0.1, 0.15) is 39.5 Å². The highest BCUT2D eigenvalue weighted by molar-refractivity contribution is 9.10. The number of hydrogen-bond acceptors (Lipinski definition) is 2. The summed E-state index contributed by atoms with van der Waals surface area (Å²) < 4.78 is 0.919. The zero-order valence-corrected chi connectivity index (χ0v) is 14.3. The van der Waals surface area contributed by atoms with Gasteiger partial charge in [-0.15, -0.1) is 0 Å². The molecule has 0 aliphatic rings. The van der Waals surface area contributed by atoms with Crippen molar-refractivity contribution in [2.75, 3.05) is 5.32 Å². The second-order valence-electron chi connectivity index (χ2n) is 4.91. The van der Waals surface area contributed by atoms with Gasteiger partial charge in [-0.3, -0.25) is 4.79 Å². The molecular formula is C15H21BrN2OS. The Hall–Kier alpha value is -0.940. The summed E-state index contributed by atoms with van der Waals surface area (Å²) in [5.74, 6) is -0.105. The molecule has 20 heavy (non-hydrogen) atoms. The van der Waals surface area contributed by atoms with Crippen molar-refractivity contribution in [2.45, 2.75) is 39.5 Å². The number of nitrogens with two attached hydrogens (primary N) is 1. The summed E-state index contributed by atoms with van der Waals surface area (Å²) in [6, 6.07) is 7.50. The van der Waals surface area contributed by atoms with Gasteiger partial charge in [0.25, 0.3) is 0 Å². The van der Waals surface area contributed by atoms with Crippen LogP contribution in [0, 0.1) is 5.41 Å². The van der Waals surface area contributed by atoms with Crippen LogP contribution in [0.3, 0.4) is 0 Å². The number of carbonyl (C=O) groups excluding carboxylic acids is 1. The second kappa shape index (κ2) is 7.74. The molecule has 0 aliphatic heterocycles. The van der Waals surface area contributed by atoms with Gasteiger partial charge >= 0.3 is 0 Å². The predicted octanol–water partition coefficient (Wildman–Crippen LogP) is 4.26. The fourth-order valence-electron chi connectivity index (χ4n) is 2.38. The Labute approximate surface area is 134 Å². The molecule has 110 valence electrons. The maximum absolute atomic E-state index is 12.7. The van der Waals surface area contributed by atoms with E-state index in [2.05, 4.69) is 21.2 Å². The number of thiocarbonyl (C=S) groups is 1. The van der Waals surface area contributed by atoms with E-state index < -0.39 is 5.41 Å². The van der Waals surface area contributed by atoms with E-state index in [1.165, 1.54) is 0 Å². The average molecular weight is 357 g/mol. The van der Waals surface area contributed by atoms with Gasteiger partial charge in [-0.25, -0.2) is 0 Å². The number of carbonyl (C=O) groups is 1. The van der Waals surface area contributed by atoms with E-state index >= 15 is 0 Å². The summed E-state index contributed by atoms with van der Waals surface area (Å²) in [5, 5.41) is 2.94. The number of anilines is 1. The van der Waals surface area contributed by atoms with Crippen molar-refractivity contribution in [3.8, 4) is 0 Å². The maximum Gasteiger partial charge on any atom is 0.237 e. The molecule has 1 aromatic carbocycles. The zero-order chi connectivity index (χ0) is 15.2. The molecule has 0 saturated carbocycles. The lowest BCUT2D eigenvalue weighted by Crippen LogP contribution is -2.46. The Morgan fingerprint density at radius 1 is 1.35 bits per heavy atom. The zero-order valence-electron chi connectivity index (χ0n) is 11.9. The van der Waals surface area contributed by atoms with Crippen molar-refractivity contribution >= 4 is 44.7 Å². The van der Waals surface area contributed by atoms with Crippen molar-refractivity contribution < 1.29 is 4.79 Å². The number of halogens is 1. The summed E-state index contributed by atoms with van der Waals surface area (Å²) in [7, 11) is 0. The van der Waals surface area contributed by atoms with Gasteiger partial charge in [0, 0.05) is 10.2 Å². The van der Waals surface area contributed by atoms with Crippen LogP contribution in [0.4, 0.5) is 5.69 Å². The molecule has 5 heteroatoms. The van der Waals surface area contributed by atoms with Crippen LogP contribution in [0.5, 0.6) is 0 Å². The largest absolute Gasteiger partial charge is 0.392 e. The minimum Gasteiger partial charge on any atom is -0.392 e. The first kappa shape index (κ1) is 17.1. The molecule has 0 unspecified atom stereocenters. The van der Waals surface area contributed by atoms with Crippen LogP contribution >= 0.6 is 28.1 Å². The molecule has 1 amide bonds. The van der Waals surface area contributed by atoms with E-state index in [0.717, 1.165) is 23.0 Å². The van der Waals surface area contributed by atoms with E-state index in [9.17, 15) is 4.79 Å². The van der Waals surface area contributed by atoms with Crippen molar-refractivity contribution in [3.05, 3.63) is 28.7 Å². The lowest BCUT2D eigenvalue weighted by molar-refractivity contribution is -0.122. The third-order valence-corrected chi connectivity index (χ3v) is 4.23. The summed E-state index contributed by atoms with van der Waals surface area (Å²) in [5.41, 5.74) is 5.89. The van der Waals surface area contributed by atoms with Crippen LogP contribution in [0.25, 0.3) is 0 Å². The Balaban J connectivity index is 3.01. The maximum atomic E-state index is 12.7. The van der Waals surface area contributed by atoms with Crippen molar-refractivity contribution in [1.82, 2.24) is 0 Å². The molecule has 1 rings (SSSR count). The standard InChI is InChI=1S/C15H21BrN2OS/c1-3-8-15(9-4-2,13(17)20)14(19)18-12-7-5-6-11(16)10-12/h5-7,10H,3-4,8-9H2,1-2H3,(H2,17,20)(H,18,19). The number of nitrogens with one attached hydrogen (secondary N) is 1. The Bertz CT molecular complexity index is 485. The van der Waals surface area contributed by atoms with E-state index in [4.69, 9.17) is 18.0 Å². The van der Waals surface area contributed by atoms with Gasteiger partial charge in [0.05, 0.1) is 10.4 Å². The van der Waals surface area contributed by atoms with Gasteiger partial charge in [-0.2, -0.15) is 0 Å². The topological polar surface area (TPSA) is 55.1 Å². The first-order valence-corrected chi connectivity index (χ1v) is 8.03. The number of benzene rings is 1. The highest BCUT2D eigenvalue weighted by Crippen LogP contribution is 2.32. The summed E-state index contributed by atoms with van der Waals surface area (Å²) in [4.78, 5) is 13.0. The molecule has 1 aromatic rings. The molecule has 0 aromatic heterocycles. The number of hydrogen-bond donors (Lipinski definition) is 2. The van der Waals surface area contributed by atoms with E-state index in [0.29, 0.717) is 12.8 Å². The van der Waals surface area contributed by atoms with Gasteiger partial charge in [0.1, 0.15) is 0 Å². The Morgan fingerprint density at radius 3 is 2.40 bits per heavy atom. The fourth-order valence-corrected chi connectivity index (χ4v) is 3.08. The highest BCUT2D eigenvalue weighted by Gasteiger charge is 2.39. The lowest BCUT2D eigenvalue weighted by Gasteiger charge is -2.31. The first-order chi connectivity index (χ1) is 9.46. The molecule has 0 saturated heterocycles. The van der Waals surface area contributed by atoms with Crippen molar-refractivity contribution in [2.24, 2.45) is 11.1 Å². The van der Waals surface area contributed by atoms with Crippen LogP contribution < -0.4 is 11.1 Å². The normalized spacial score (nSPS) is 11.2. The molecule has 0 fully saturated rings. The van der Waals surface area contributed by atoms with Crippen molar-refractivity contribution in [3.63, 3.8) is 0 Å². The number of rotatable bonds is 7. The van der Waals surface area contributed by atoms with Crippen molar-refractivity contribution in [1.29, 1.82) is 0 Å².